The monoisotopic (exact) mass is 244 g/mol. The lowest BCUT2D eigenvalue weighted by molar-refractivity contribution is -0.142. The molecule has 1 rings (SSSR count). The lowest BCUT2D eigenvalue weighted by Gasteiger charge is -2.17. The summed E-state index contributed by atoms with van der Waals surface area (Å²) >= 11 is 1.38. The number of ether oxygens (including phenoxy) is 1. The third-order valence-corrected chi connectivity index (χ3v) is 2.75. The molecule has 0 aliphatic carbocycles. The first-order chi connectivity index (χ1) is 7.63. The van der Waals surface area contributed by atoms with Gasteiger partial charge in [0.2, 0.25) is 0 Å². The van der Waals surface area contributed by atoms with Crippen molar-refractivity contribution in [3.63, 3.8) is 0 Å². The van der Waals surface area contributed by atoms with Gasteiger partial charge in [-0.1, -0.05) is 25.6 Å². The Kier molecular flexibility index (Phi) is 5.34. The van der Waals surface area contributed by atoms with Crippen LogP contribution in [0, 0.1) is 0 Å². The highest BCUT2D eigenvalue weighted by molar-refractivity contribution is 7.99. The first-order valence-corrected chi connectivity index (χ1v) is 5.98. The normalized spacial score (nSPS) is 12.8. The third-order valence-electron chi connectivity index (χ3n) is 1.80. The van der Waals surface area contributed by atoms with Gasteiger partial charge >= 0.3 is 5.97 Å². The maximum atomic E-state index is 11.5. The van der Waals surface area contributed by atoms with Crippen LogP contribution in [0.25, 0.3) is 0 Å². The first-order valence-electron chi connectivity index (χ1n) is 4.99. The summed E-state index contributed by atoms with van der Waals surface area (Å²) in [5.74, 6) is 0.263. The Morgan fingerprint density at radius 2 is 2.44 bits per heavy atom. The summed E-state index contributed by atoms with van der Waals surface area (Å²) in [7, 11) is 1.38. The maximum absolute atomic E-state index is 11.5. The van der Waals surface area contributed by atoms with Gasteiger partial charge < -0.3 is 14.5 Å². The van der Waals surface area contributed by atoms with Gasteiger partial charge in [0.15, 0.2) is 0 Å². The number of thioether (sulfide) groups is 1. The van der Waals surface area contributed by atoms with Gasteiger partial charge in [-0.15, -0.1) is 0 Å². The minimum Gasteiger partial charge on any atom is -0.468 e. The van der Waals surface area contributed by atoms with Gasteiger partial charge in [0, 0.05) is 11.8 Å². The molecule has 5 nitrogen and oxygen atoms in total. The molecule has 0 saturated heterocycles. The molecule has 6 heteroatoms. The molecule has 0 radical (unpaired) electrons. The summed E-state index contributed by atoms with van der Waals surface area (Å²) in [5, 5.41) is 3.68. The van der Waals surface area contributed by atoms with Crippen molar-refractivity contribution in [1.82, 2.24) is 10.3 Å². The molecule has 1 aromatic rings. The minimum atomic E-state index is -0.345. The second-order valence-corrected chi connectivity index (χ2v) is 4.48. The van der Waals surface area contributed by atoms with Crippen molar-refractivity contribution in [2.75, 3.05) is 12.9 Å². The summed E-state index contributed by atoms with van der Waals surface area (Å²) in [6, 6.07) is -0.129. The minimum absolute atomic E-state index is 0.217. The molecule has 0 aliphatic rings. The molecular weight excluding hydrogens is 228 g/mol. The van der Waals surface area contributed by atoms with E-state index in [9.17, 15) is 4.79 Å². The van der Waals surface area contributed by atoms with Gasteiger partial charge in [-0.25, -0.2) is 4.98 Å². The van der Waals surface area contributed by atoms with Crippen molar-refractivity contribution in [3.8, 4) is 0 Å². The number of methoxy groups -OCH3 is 1. The number of oxazole rings is 1. The van der Waals surface area contributed by atoms with E-state index in [0.717, 1.165) is 0 Å². The summed E-state index contributed by atoms with van der Waals surface area (Å²) < 4.78 is 9.79. The van der Waals surface area contributed by atoms with E-state index in [1.54, 1.807) is 6.20 Å². The molecule has 0 aliphatic heterocycles. The molecule has 0 fully saturated rings. The molecular formula is C10H16N2O3S. The average Bonchev–Trinajstić information content (AvgIpc) is 2.75. The fourth-order valence-corrected chi connectivity index (χ4v) is 1.97. The van der Waals surface area contributed by atoms with Crippen LogP contribution in [0.1, 0.15) is 13.8 Å². The standard InChI is InChI=1S/C10H16N2O3S/c1-7(2)12-8(9(13)14-3)6-16-10-11-4-5-15-10/h4-5,7-8,12H,6H2,1-3H3. The zero-order chi connectivity index (χ0) is 12.0. The van der Waals surface area contributed by atoms with E-state index in [2.05, 4.69) is 10.3 Å². The number of esters is 1. The van der Waals surface area contributed by atoms with Gasteiger partial charge in [-0.2, -0.15) is 0 Å². The number of aromatic nitrogens is 1. The van der Waals surface area contributed by atoms with E-state index < -0.39 is 0 Å². The highest BCUT2D eigenvalue weighted by Gasteiger charge is 2.20. The van der Waals surface area contributed by atoms with E-state index in [1.165, 1.54) is 25.1 Å². The van der Waals surface area contributed by atoms with E-state index in [4.69, 9.17) is 9.15 Å². The van der Waals surface area contributed by atoms with Crippen LogP contribution >= 0.6 is 11.8 Å². The number of carbonyl (C=O) groups excluding carboxylic acids is 1. The molecule has 1 heterocycles. The van der Waals surface area contributed by atoms with Gasteiger partial charge in [0.25, 0.3) is 5.22 Å². The first kappa shape index (κ1) is 13.1. The fraction of sp³-hybridized carbons (Fsp3) is 0.600. The molecule has 1 N–H and O–H groups in total. The van der Waals surface area contributed by atoms with Crippen molar-refractivity contribution in [2.24, 2.45) is 0 Å². The topological polar surface area (TPSA) is 64.4 Å². The Hall–Kier alpha value is -1.01. The quantitative estimate of drug-likeness (QED) is 0.601. The number of carbonyl (C=O) groups is 1. The summed E-state index contributed by atoms with van der Waals surface area (Å²) in [6.45, 7) is 3.96. The van der Waals surface area contributed by atoms with Gasteiger partial charge in [-0.3, -0.25) is 4.79 Å². The smallest absolute Gasteiger partial charge is 0.323 e. The zero-order valence-corrected chi connectivity index (χ0v) is 10.4. The van der Waals surface area contributed by atoms with Gasteiger partial charge in [0.1, 0.15) is 12.3 Å². The van der Waals surface area contributed by atoms with Crippen LogP contribution in [0.2, 0.25) is 0 Å². The van der Waals surface area contributed by atoms with Crippen LogP contribution in [-0.2, 0) is 9.53 Å². The van der Waals surface area contributed by atoms with E-state index in [-0.39, 0.29) is 18.1 Å². The molecule has 0 bridgehead atoms. The van der Waals surface area contributed by atoms with Crippen molar-refractivity contribution in [1.29, 1.82) is 0 Å². The third kappa shape index (κ3) is 4.24. The van der Waals surface area contributed by atoms with E-state index >= 15 is 0 Å². The molecule has 0 amide bonds. The lowest BCUT2D eigenvalue weighted by atomic mass is 10.3. The number of hydrogen-bond acceptors (Lipinski definition) is 6. The Bertz CT molecular complexity index is 314. The maximum Gasteiger partial charge on any atom is 0.323 e. The second kappa shape index (κ2) is 6.55. The summed E-state index contributed by atoms with van der Waals surface area (Å²) in [6.07, 6.45) is 3.08. The van der Waals surface area contributed by atoms with Crippen molar-refractivity contribution < 1.29 is 13.9 Å². The van der Waals surface area contributed by atoms with Crippen molar-refractivity contribution >= 4 is 17.7 Å². The van der Waals surface area contributed by atoms with Crippen molar-refractivity contribution in [3.05, 3.63) is 12.5 Å². The van der Waals surface area contributed by atoms with Crippen LogP contribution in [0.4, 0.5) is 0 Å². The fourth-order valence-electron chi connectivity index (χ4n) is 1.17. The molecule has 90 valence electrons. The van der Waals surface area contributed by atoms with E-state index in [0.29, 0.717) is 11.0 Å². The Labute approximate surface area is 98.9 Å². The Morgan fingerprint density at radius 1 is 1.69 bits per heavy atom. The number of rotatable bonds is 6. The molecule has 1 atom stereocenters. The largest absolute Gasteiger partial charge is 0.468 e. The Balaban J connectivity index is 2.46. The summed E-state index contributed by atoms with van der Waals surface area (Å²) in [4.78, 5) is 15.4. The van der Waals surface area contributed by atoms with Crippen molar-refractivity contribution in [2.45, 2.75) is 31.2 Å². The predicted octanol–water partition coefficient (Wildman–Crippen LogP) is 1.31. The molecule has 1 aromatic heterocycles. The Morgan fingerprint density at radius 3 is 2.94 bits per heavy atom. The highest BCUT2D eigenvalue weighted by Crippen LogP contribution is 2.16. The SMILES string of the molecule is COC(=O)C(CSc1ncco1)NC(C)C. The number of nitrogens with one attached hydrogen (secondary N) is 1. The molecule has 16 heavy (non-hydrogen) atoms. The highest BCUT2D eigenvalue weighted by atomic mass is 32.2. The van der Waals surface area contributed by atoms with Gasteiger partial charge in [0.05, 0.1) is 13.3 Å². The molecule has 0 spiro atoms. The molecule has 0 saturated carbocycles. The van der Waals surface area contributed by atoms with Crippen LogP contribution in [-0.4, -0.2) is 35.9 Å². The predicted molar refractivity (Wildman–Crippen MR) is 61.3 cm³/mol. The molecule has 0 aromatic carbocycles. The zero-order valence-electron chi connectivity index (χ0n) is 9.60. The lowest BCUT2D eigenvalue weighted by Crippen LogP contribution is -2.43. The van der Waals surface area contributed by atoms with Crippen LogP contribution in [0.15, 0.2) is 22.1 Å². The van der Waals surface area contributed by atoms with Crippen LogP contribution in [0.5, 0.6) is 0 Å². The molecule has 1 unspecified atom stereocenters. The number of nitrogens with zero attached hydrogens (tertiary/aromatic N) is 1. The van der Waals surface area contributed by atoms with Crippen LogP contribution in [0.3, 0.4) is 0 Å². The second-order valence-electron chi connectivity index (χ2n) is 3.51. The number of hydrogen-bond donors (Lipinski definition) is 1. The average molecular weight is 244 g/mol. The van der Waals surface area contributed by atoms with Gasteiger partial charge in [-0.05, 0) is 0 Å². The van der Waals surface area contributed by atoms with E-state index in [1.807, 2.05) is 13.8 Å². The summed E-state index contributed by atoms with van der Waals surface area (Å²) in [5.41, 5.74) is 0. The van der Waals surface area contributed by atoms with Crippen LogP contribution < -0.4 is 5.32 Å².